The fourth-order valence-electron chi connectivity index (χ4n) is 2.85. The van der Waals surface area contributed by atoms with Crippen LogP contribution < -0.4 is 0 Å². The first-order valence-electron chi connectivity index (χ1n) is 5.85. The fourth-order valence-corrected chi connectivity index (χ4v) is 2.85. The molecule has 0 nitrogen and oxygen atoms in total. The molecule has 0 amide bonds. The van der Waals surface area contributed by atoms with E-state index in [0.717, 1.165) is 0 Å². The van der Waals surface area contributed by atoms with Crippen LogP contribution in [0.15, 0.2) is 23.3 Å². The minimum atomic E-state index is 0.418. The molecule has 0 aromatic rings. The van der Waals surface area contributed by atoms with Crippen molar-refractivity contribution in [2.24, 2.45) is 10.8 Å². The van der Waals surface area contributed by atoms with Crippen molar-refractivity contribution < 1.29 is 0 Å². The molecule has 0 bridgehead atoms. The minimum Gasteiger partial charge on any atom is -0.0802 e. The predicted octanol–water partition coefficient (Wildman–Crippen LogP) is 4.48. The maximum Gasteiger partial charge on any atom is -0.0104 e. The molecule has 0 spiro atoms. The van der Waals surface area contributed by atoms with Crippen molar-refractivity contribution in [3.8, 4) is 0 Å². The van der Waals surface area contributed by atoms with Gasteiger partial charge in [-0.2, -0.15) is 0 Å². The van der Waals surface area contributed by atoms with Gasteiger partial charge in [0.1, 0.15) is 0 Å². The number of rotatable bonds is 0. The molecule has 2 aliphatic rings. The SMILES string of the molecule is CC1(C)CCC(C)(C)C2=CCCC=C21. The Kier molecular flexibility index (Phi) is 2.13. The molecule has 0 heterocycles. The van der Waals surface area contributed by atoms with E-state index < -0.39 is 0 Å². The van der Waals surface area contributed by atoms with E-state index in [2.05, 4.69) is 39.8 Å². The molecule has 0 atom stereocenters. The summed E-state index contributed by atoms with van der Waals surface area (Å²) in [6.07, 6.45) is 10.1. The molecule has 0 aromatic heterocycles. The van der Waals surface area contributed by atoms with Crippen molar-refractivity contribution in [2.45, 2.75) is 53.4 Å². The molecule has 0 N–H and O–H groups in total. The highest BCUT2D eigenvalue weighted by molar-refractivity contribution is 5.44. The first kappa shape index (κ1) is 10.0. The van der Waals surface area contributed by atoms with Gasteiger partial charge in [0.15, 0.2) is 0 Å². The van der Waals surface area contributed by atoms with Gasteiger partial charge in [-0.15, -0.1) is 0 Å². The molecular weight excluding hydrogens is 168 g/mol. The summed E-state index contributed by atoms with van der Waals surface area (Å²) in [5.41, 5.74) is 4.11. The van der Waals surface area contributed by atoms with Crippen LogP contribution in [0.4, 0.5) is 0 Å². The standard InChI is InChI=1S/C14H22/c1-13(2)9-10-14(3,4)12-8-6-5-7-11(12)13/h7-8H,5-6,9-10H2,1-4H3. The summed E-state index contributed by atoms with van der Waals surface area (Å²) in [6, 6.07) is 0. The average molecular weight is 190 g/mol. The van der Waals surface area contributed by atoms with Gasteiger partial charge in [0, 0.05) is 0 Å². The van der Waals surface area contributed by atoms with Gasteiger partial charge >= 0.3 is 0 Å². The van der Waals surface area contributed by atoms with E-state index in [1.54, 1.807) is 11.1 Å². The van der Waals surface area contributed by atoms with Crippen LogP contribution in [0.2, 0.25) is 0 Å². The maximum absolute atomic E-state index is 2.48. The summed E-state index contributed by atoms with van der Waals surface area (Å²) in [6.45, 7) is 9.58. The number of fused-ring (bicyclic) bond motifs is 1. The second kappa shape index (κ2) is 2.98. The monoisotopic (exact) mass is 190 g/mol. The normalized spacial score (nSPS) is 28.9. The Hall–Kier alpha value is -0.520. The molecule has 2 rings (SSSR count). The zero-order valence-electron chi connectivity index (χ0n) is 9.98. The Morgan fingerprint density at radius 2 is 1.14 bits per heavy atom. The number of hydrogen-bond acceptors (Lipinski definition) is 0. The Bertz CT molecular complexity index is 268. The van der Waals surface area contributed by atoms with Crippen molar-refractivity contribution in [1.29, 1.82) is 0 Å². The maximum atomic E-state index is 2.48. The molecule has 1 saturated carbocycles. The van der Waals surface area contributed by atoms with Gasteiger partial charge in [0.25, 0.3) is 0 Å². The Morgan fingerprint density at radius 1 is 0.786 bits per heavy atom. The molecular formula is C14H22. The van der Waals surface area contributed by atoms with Gasteiger partial charge in [-0.3, -0.25) is 0 Å². The second-order valence-corrected chi connectivity index (χ2v) is 6.08. The van der Waals surface area contributed by atoms with Crippen LogP contribution in [0.25, 0.3) is 0 Å². The molecule has 78 valence electrons. The minimum absolute atomic E-state index is 0.418. The van der Waals surface area contributed by atoms with Gasteiger partial charge in [0.2, 0.25) is 0 Å². The average Bonchev–Trinajstić information content (AvgIpc) is 2.14. The van der Waals surface area contributed by atoms with Gasteiger partial charge < -0.3 is 0 Å². The van der Waals surface area contributed by atoms with Crippen LogP contribution in [0.1, 0.15) is 53.4 Å². The van der Waals surface area contributed by atoms with Crippen LogP contribution in [-0.4, -0.2) is 0 Å². The van der Waals surface area contributed by atoms with Crippen molar-refractivity contribution in [3.05, 3.63) is 23.3 Å². The first-order chi connectivity index (χ1) is 6.43. The molecule has 0 aromatic carbocycles. The lowest BCUT2D eigenvalue weighted by Crippen LogP contribution is -2.32. The predicted molar refractivity (Wildman–Crippen MR) is 62.2 cm³/mol. The van der Waals surface area contributed by atoms with E-state index in [-0.39, 0.29) is 0 Å². The lowest BCUT2D eigenvalue weighted by atomic mass is 9.59. The van der Waals surface area contributed by atoms with Crippen molar-refractivity contribution >= 4 is 0 Å². The zero-order chi connectivity index (χ0) is 10.4. The van der Waals surface area contributed by atoms with Crippen LogP contribution in [0.5, 0.6) is 0 Å². The molecule has 2 aliphatic carbocycles. The third-order valence-corrected chi connectivity index (χ3v) is 3.99. The fraction of sp³-hybridized carbons (Fsp3) is 0.714. The zero-order valence-corrected chi connectivity index (χ0v) is 9.98. The lowest BCUT2D eigenvalue weighted by Gasteiger charge is -2.45. The highest BCUT2D eigenvalue weighted by Gasteiger charge is 2.39. The summed E-state index contributed by atoms with van der Waals surface area (Å²) in [7, 11) is 0. The van der Waals surface area contributed by atoms with Crippen molar-refractivity contribution in [1.82, 2.24) is 0 Å². The van der Waals surface area contributed by atoms with E-state index in [1.165, 1.54) is 25.7 Å². The topological polar surface area (TPSA) is 0 Å². The Balaban J connectivity index is 2.43. The van der Waals surface area contributed by atoms with Gasteiger partial charge in [-0.25, -0.2) is 0 Å². The summed E-state index contributed by atoms with van der Waals surface area (Å²) >= 11 is 0. The quantitative estimate of drug-likeness (QED) is 0.528. The summed E-state index contributed by atoms with van der Waals surface area (Å²) in [4.78, 5) is 0. The van der Waals surface area contributed by atoms with Crippen molar-refractivity contribution in [3.63, 3.8) is 0 Å². The molecule has 0 unspecified atom stereocenters. The summed E-state index contributed by atoms with van der Waals surface area (Å²) in [5.74, 6) is 0. The number of allylic oxidation sites excluding steroid dienone is 4. The van der Waals surface area contributed by atoms with Crippen LogP contribution >= 0.6 is 0 Å². The molecule has 14 heavy (non-hydrogen) atoms. The molecule has 1 fully saturated rings. The third kappa shape index (κ3) is 1.45. The molecule has 0 aliphatic heterocycles. The van der Waals surface area contributed by atoms with E-state index >= 15 is 0 Å². The van der Waals surface area contributed by atoms with E-state index in [0.29, 0.717) is 10.8 Å². The van der Waals surface area contributed by atoms with Gasteiger partial charge in [-0.1, -0.05) is 39.8 Å². The molecule has 0 heteroatoms. The van der Waals surface area contributed by atoms with Gasteiger partial charge in [-0.05, 0) is 47.7 Å². The third-order valence-electron chi connectivity index (χ3n) is 3.99. The Labute approximate surface area is 88.1 Å². The van der Waals surface area contributed by atoms with E-state index in [4.69, 9.17) is 0 Å². The Morgan fingerprint density at radius 3 is 1.50 bits per heavy atom. The van der Waals surface area contributed by atoms with Crippen molar-refractivity contribution in [2.75, 3.05) is 0 Å². The largest absolute Gasteiger partial charge is 0.0802 e. The molecule has 0 radical (unpaired) electrons. The highest BCUT2D eigenvalue weighted by atomic mass is 14.4. The van der Waals surface area contributed by atoms with E-state index in [9.17, 15) is 0 Å². The lowest BCUT2D eigenvalue weighted by molar-refractivity contribution is 0.256. The van der Waals surface area contributed by atoms with E-state index in [1.807, 2.05) is 0 Å². The van der Waals surface area contributed by atoms with Gasteiger partial charge in [0.05, 0.1) is 0 Å². The highest BCUT2D eigenvalue weighted by Crippen LogP contribution is 2.53. The van der Waals surface area contributed by atoms with Crippen LogP contribution in [0, 0.1) is 10.8 Å². The smallest absolute Gasteiger partial charge is 0.0104 e. The summed E-state index contributed by atoms with van der Waals surface area (Å²) < 4.78 is 0. The second-order valence-electron chi connectivity index (χ2n) is 6.08. The first-order valence-corrected chi connectivity index (χ1v) is 5.85. The molecule has 0 saturated heterocycles. The van der Waals surface area contributed by atoms with Crippen LogP contribution in [0.3, 0.4) is 0 Å². The summed E-state index contributed by atoms with van der Waals surface area (Å²) in [5, 5.41) is 0. The van der Waals surface area contributed by atoms with Crippen LogP contribution in [-0.2, 0) is 0 Å². The number of hydrogen-bond donors (Lipinski definition) is 0.